The van der Waals surface area contributed by atoms with Crippen LogP contribution in [0.5, 0.6) is 0 Å². The van der Waals surface area contributed by atoms with Crippen LogP contribution in [0.15, 0.2) is 30.3 Å². The predicted molar refractivity (Wildman–Crippen MR) is 88.0 cm³/mol. The Morgan fingerprint density at radius 1 is 1.38 bits per heavy atom. The summed E-state index contributed by atoms with van der Waals surface area (Å²) < 4.78 is 0. The second-order valence-electron chi connectivity index (χ2n) is 6.16. The van der Waals surface area contributed by atoms with Gasteiger partial charge in [0, 0.05) is 18.0 Å². The summed E-state index contributed by atoms with van der Waals surface area (Å²) in [6.45, 7) is 5.34. The fraction of sp³-hybridized carbons (Fsp3) is 0.412. The number of nitrogens with two attached hydrogens (primary N) is 1. The molecule has 4 nitrogen and oxygen atoms in total. The molecule has 0 amide bonds. The molecule has 110 valence electrons. The summed E-state index contributed by atoms with van der Waals surface area (Å²) in [5, 5.41) is 8.92. The van der Waals surface area contributed by atoms with E-state index in [0.717, 1.165) is 34.7 Å². The van der Waals surface area contributed by atoms with Crippen molar-refractivity contribution in [1.29, 1.82) is 5.41 Å². The first kappa shape index (κ1) is 13.9. The molecule has 21 heavy (non-hydrogen) atoms. The molecule has 3 rings (SSSR count). The van der Waals surface area contributed by atoms with Gasteiger partial charge in [-0.25, -0.2) is 4.98 Å². The van der Waals surface area contributed by atoms with Crippen molar-refractivity contribution in [2.45, 2.75) is 32.7 Å². The van der Waals surface area contributed by atoms with E-state index >= 15 is 0 Å². The van der Waals surface area contributed by atoms with Crippen molar-refractivity contribution < 1.29 is 0 Å². The van der Waals surface area contributed by atoms with Crippen LogP contribution in [-0.4, -0.2) is 23.4 Å². The number of aromatic nitrogens is 1. The molecule has 4 heteroatoms. The van der Waals surface area contributed by atoms with Gasteiger partial charge in [0.25, 0.3) is 0 Å². The maximum Gasteiger partial charge on any atom is 0.140 e. The van der Waals surface area contributed by atoms with Gasteiger partial charge in [0.1, 0.15) is 11.7 Å². The molecule has 1 aromatic heterocycles. The zero-order valence-corrected chi connectivity index (χ0v) is 12.6. The molecule has 1 saturated carbocycles. The van der Waals surface area contributed by atoms with Crippen molar-refractivity contribution in [2.24, 2.45) is 11.7 Å². The fourth-order valence-electron chi connectivity index (χ4n) is 2.64. The zero-order chi connectivity index (χ0) is 15.0. The van der Waals surface area contributed by atoms with E-state index in [4.69, 9.17) is 16.1 Å². The normalized spacial score (nSPS) is 14.6. The van der Waals surface area contributed by atoms with Crippen molar-refractivity contribution in [3.05, 3.63) is 35.9 Å². The van der Waals surface area contributed by atoms with Gasteiger partial charge < -0.3 is 10.6 Å². The third kappa shape index (κ3) is 2.84. The Morgan fingerprint density at radius 3 is 2.71 bits per heavy atom. The number of fused-ring (bicyclic) bond motifs is 1. The van der Waals surface area contributed by atoms with E-state index in [-0.39, 0.29) is 5.84 Å². The number of nitrogens with zero attached hydrogens (tertiary/aromatic N) is 2. The van der Waals surface area contributed by atoms with E-state index in [1.165, 1.54) is 12.8 Å². The quantitative estimate of drug-likeness (QED) is 0.654. The Bertz CT molecular complexity index is 674. The number of anilines is 1. The van der Waals surface area contributed by atoms with Crippen LogP contribution in [0.1, 0.15) is 32.3 Å². The smallest absolute Gasteiger partial charge is 0.140 e. The summed E-state index contributed by atoms with van der Waals surface area (Å²) >= 11 is 0. The predicted octanol–water partition coefficient (Wildman–Crippen LogP) is 3.14. The van der Waals surface area contributed by atoms with Crippen LogP contribution in [0.3, 0.4) is 0 Å². The summed E-state index contributed by atoms with van der Waals surface area (Å²) in [4.78, 5) is 7.10. The van der Waals surface area contributed by atoms with E-state index < -0.39 is 0 Å². The highest BCUT2D eigenvalue weighted by Gasteiger charge is 2.28. The molecule has 0 aliphatic heterocycles. The zero-order valence-electron chi connectivity index (χ0n) is 12.6. The lowest BCUT2D eigenvalue weighted by molar-refractivity contribution is 0.637. The number of rotatable bonds is 5. The van der Waals surface area contributed by atoms with Crippen LogP contribution in [0.25, 0.3) is 10.9 Å². The summed E-state index contributed by atoms with van der Waals surface area (Å²) in [7, 11) is 0. The number of nitrogen functional groups attached to an aromatic ring is 1. The van der Waals surface area contributed by atoms with E-state index in [0.29, 0.717) is 6.04 Å². The van der Waals surface area contributed by atoms with Crippen LogP contribution in [0, 0.1) is 11.3 Å². The van der Waals surface area contributed by atoms with Crippen molar-refractivity contribution in [1.82, 2.24) is 4.98 Å². The summed E-state index contributed by atoms with van der Waals surface area (Å²) in [6, 6.07) is 10.3. The number of benzene rings is 1. The third-order valence-corrected chi connectivity index (χ3v) is 4.04. The summed E-state index contributed by atoms with van der Waals surface area (Å²) in [5.41, 5.74) is 7.50. The monoisotopic (exact) mass is 282 g/mol. The number of amidine groups is 1. The van der Waals surface area contributed by atoms with Gasteiger partial charge in [-0.15, -0.1) is 0 Å². The first-order chi connectivity index (χ1) is 10.1. The number of hydrogen-bond donors (Lipinski definition) is 2. The molecule has 1 aliphatic carbocycles. The number of para-hydroxylation sites is 1. The van der Waals surface area contributed by atoms with E-state index in [2.05, 4.69) is 18.7 Å². The molecule has 0 saturated heterocycles. The molecule has 1 aromatic carbocycles. The van der Waals surface area contributed by atoms with Crippen molar-refractivity contribution in [3.8, 4) is 0 Å². The summed E-state index contributed by atoms with van der Waals surface area (Å²) in [5.74, 6) is 1.70. The Labute approximate surface area is 125 Å². The molecular weight excluding hydrogens is 260 g/mol. The van der Waals surface area contributed by atoms with Gasteiger partial charge in [0.05, 0.1) is 11.1 Å². The number of nitrogens with one attached hydrogen (secondary N) is 1. The van der Waals surface area contributed by atoms with Crippen LogP contribution in [0.2, 0.25) is 0 Å². The third-order valence-electron chi connectivity index (χ3n) is 4.04. The van der Waals surface area contributed by atoms with Gasteiger partial charge in [0.15, 0.2) is 0 Å². The van der Waals surface area contributed by atoms with Crippen LogP contribution >= 0.6 is 0 Å². The number of pyridine rings is 1. The maximum atomic E-state index is 7.89. The van der Waals surface area contributed by atoms with Gasteiger partial charge in [-0.1, -0.05) is 18.2 Å². The molecule has 1 fully saturated rings. The fourth-order valence-corrected chi connectivity index (χ4v) is 2.64. The Balaban J connectivity index is 2.12. The SMILES string of the molecule is CC(C)N(CC1CC1)c1nc2ccccc2cc1C(=N)N. The highest BCUT2D eigenvalue weighted by Crippen LogP contribution is 2.33. The first-order valence-corrected chi connectivity index (χ1v) is 7.57. The molecule has 0 atom stereocenters. The molecular formula is C17H22N4. The van der Waals surface area contributed by atoms with Gasteiger partial charge in [0.2, 0.25) is 0 Å². The second kappa shape index (κ2) is 5.35. The average Bonchev–Trinajstić information content (AvgIpc) is 3.27. The second-order valence-corrected chi connectivity index (χ2v) is 6.16. The molecule has 0 bridgehead atoms. The van der Waals surface area contributed by atoms with Crippen LogP contribution in [0.4, 0.5) is 5.82 Å². The topological polar surface area (TPSA) is 66.0 Å². The highest BCUT2D eigenvalue weighted by atomic mass is 15.2. The highest BCUT2D eigenvalue weighted by molar-refractivity contribution is 6.03. The van der Waals surface area contributed by atoms with Crippen molar-refractivity contribution >= 4 is 22.6 Å². The standard InChI is InChI=1S/C17H22N4/c1-11(2)21(10-12-7-8-12)17-14(16(18)19)9-13-5-3-4-6-15(13)20-17/h3-6,9,11-12H,7-8,10H2,1-2H3,(H3,18,19). The maximum absolute atomic E-state index is 7.89. The largest absolute Gasteiger partial charge is 0.384 e. The lowest BCUT2D eigenvalue weighted by Gasteiger charge is -2.30. The molecule has 1 heterocycles. The van der Waals surface area contributed by atoms with Crippen LogP contribution < -0.4 is 10.6 Å². The van der Waals surface area contributed by atoms with Gasteiger partial charge in [-0.05, 0) is 44.7 Å². The molecule has 0 radical (unpaired) electrons. The number of hydrogen-bond acceptors (Lipinski definition) is 3. The van der Waals surface area contributed by atoms with Gasteiger partial charge in [-0.2, -0.15) is 0 Å². The Hall–Kier alpha value is -2.10. The lowest BCUT2D eigenvalue weighted by Crippen LogP contribution is -2.35. The first-order valence-electron chi connectivity index (χ1n) is 7.57. The van der Waals surface area contributed by atoms with Crippen molar-refractivity contribution in [3.63, 3.8) is 0 Å². The van der Waals surface area contributed by atoms with E-state index in [1.807, 2.05) is 30.3 Å². The minimum atomic E-state index is 0.0877. The minimum Gasteiger partial charge on any atom is -0.384 e. The molecule has 3 N–H and O–H groups in total. The van der Waals surface area contributed by atoms with Gasteiger partial charge >= 0.3 is 0 Å². The lowest BCUT2D eigenvalue weighted by atomic mass is 10.1. The molecule has 0 spiro atoms. The molecule has 2 aromatic rings. The van der Waals surface area contributed by atoms with Gasteiger partial charge in [-0.3, -0.25) is 5.41 Å². The van der Waals surface area contributed by atoms with Crippen LogP contribution in [-0.2, 0) is 0 Å². The Morgan fingerprint density at radius 2 is 2.10 bits per heavy atom. The molecule has 1 aliphatic rings. The minimum absolute atomic E-state index is 0.0877. The average molecular weight is 282 g/mol. The van der Waals surface area contributed by atoms with Crippen molar-refractivity contribution in [2.75, 3.05) is 11.4 Å². The Kier molecular flexibility index (Phi) is 3.53. The summed E-state index contributed by atoms with van der Waals surface area (Å²) in [6.07, 6.45) is 2.60. The van der Waals surface area contributed by atoms with E-state index in [9.17, 15) is 0 Å². The molecule has 0 unspecified atom stereocenters. The van der Waals surface area contributed by atoms with E-state index in [1.54, 1.807) is 0 Å².